The summed E-state index contributed by atoms with van der Waals surface area (Å²) >= 11 is 13.4. The Balaban J connectivity index is 1.09. The summed E-state index contributed by atoms with van der Waals surface area (Å²) in [7, 11) is 1.30. The third-order valence-electron chi connectivity index (χ3n) is 9.94. The van der Waals surface area contributed by atoms with Crippen molar-refractivity contribution in [2.75, 3.05) is 49.9 Å². The van der Waals surface area contributed by atoms with Crippen LogP contribution in [0.2, 0.25) is 10.0 Å². The van der Waals surface area contributed by atoms with Crippen LogP contribution in [0, 0.1) is 5.82 Å². The number of piperidine rings is 1. The van der Waals surface area contributed by atoms with Crippen LogP contribution in [-0.2, 0) is 16.0 Å². The molecule has 0 spiro atoms. The lowest BCUT2D eigenvalue weighted by Gasteiger charge is -2.49. The number of benzene rings is 3. The maximum atomic E-state index is 15.9. The number of para-hydroxylation sites is 1. The van der Waals surface area contributed by atoms with Gasteiger partial charge in [0.2, 0.25) is 0 Å². The average molecular weight is 668 g/mol. The molecule has 6 aliphatic heterocycles. The van der Waals surface area contributed by atoms with E-state index in [1.165, 1.54) is 24.5 Å². The van der Waals surface area contributed by atoms with Gasteiger partial charge in [0.05, 0.1) is 65.8 Å². The molecular weight excluding hydrogens is 634 g/mol. The highest BCUT2D eigenvalue weighted by atomic mass is 35.5. The monoisotopic (exact) mass is 666 g/mol. The van der Waals surface area contributed by atoms with E-state index in [2.05, 4.69) is 15.1 Å². The maximum absolute atomic E-state index is 15.9. The molecule has 3 aromatic carbocycles. The van der Waals surface area contributed by atoms with Gasteiger partial charge in [-0.2, -0.15) is 0 Å². The van der Waals surface area contributed by atoms with E-state index in [1.807, 2.05) is 12.1 Å². The fraction of sp³-hybridized carbons (Fsp3) is 0.412. The maximum Gasteiger partial charge on any atom is 0.340 e. The Hall–Kier alpha value is -3.57. The van der Waals surface area contributed by atoms with Crippen molar-refractivity contribution in [1.29, 1.82) is 0 Å². The third kappa shape index (κ3) is 4.97. The molecule has 1 amide bonds. The molecule has 9 nitrogen and oxygen atoms in total. The number of halogens is 3. The van der Waals surface area contributed by atoms with E-state index in [-0.39, 0.29) is 52.4 Å². The molecule has 46 heavy (non-hydrogen) atoms. The summed E-state index contributed by atoms with van der Waals surface area (Å²) in [6, 6.07) is 13.2. The topological polar surface area (TPSA) is 83.6 Å². The Morgan fingerprint density at radius 1 is 1.00 bits per heavy atom. The fourth-order valence-electron chi connectivity index (χ4n) is 7.72. The second-order valence-corrected chi connectivity index (χ2v) is 13.5. The van der Waals surface area contributed by atoms with Gasteiger partial charge in [0.1, 0.15) is 11.6 Å². The molecule has 0 radical (unpaired) electrons. The Morgan fingerprint density at radius 2 is 1.70 bits per heavy atom. The van der Waals surface area contributed by atoms with Crippen LogP contribution in [0.3, 0.4) is 0 Å². The molecule has 4 atom stereocenters. The van der Waals surface area contributed by atoms with E-state index in [1.54, 1.807) is 24.3 Å². The lowest BCUT2D eigenvalue weighted by atomic mass is 9.91. The number of rotatable bonds is 5. The van der Waals surface area contributed by atoms with Gasteiger partial charge < -0.3 is 34.2 Å². The number of hydrogen-bond donors (Lipinski definition) is 1. The van der Waals surface area contributed by atoms with Crippen molar-refractivity contribution in [2.24, 2.45) is 0 Å². The number of esters is 1. The molecule has 1 N–H and O–H groups in total. The first kappa shape index (κ1) is 29.8. The highest BCUT2D eigenvalue weighted by molar-refractivity contribution is 6.40. The normalized spacial score (nSPS) is 24.7. The van der Waals surface area contributed by atoms with Crippen molar-refractivity contribution in [2.45, 2.75) is 50.0 Å². The van der Waals surface area contributed by atoms with Crippen molar-refractivity contribution >= 4 is 46.5 Å². The number of piperazine rings is 1. The Labute approximate surface area is 276 Å². The largest absolute Gasteiger partial charge is 0.472 e. The number of nitrogens with zero attached hydrogens (tertiary/aromatic N) is 3. The van der Waals surface area contributed by atoms with Crippen molar-refractivity contribution in [3.05, 3.63) is 75.0 Å². The zero-order valence-electron chi connectivity index (χ0n) is 25.2. The Morgan fingerprint density at radius 3 is 2.37 bits per heavy atom. The lowest BCUT2D eigenvalue weighted by molar-refractivity contribution is 0.0515. The number of ether oxygens (including phenoxy) is 3. The minimum absolute atomic E-state index is 0.0687. The molecule has 6 heterocycles. The molecule has 240 valence electrons. The highest BCUT2D eigenvalue weighted by Gasteiger charge is 2.40. The van der Waals surface area contributed by atoms with Crippen molar-refractivity contribution in [1.82, 2.24) is 10.2 Å². The number of amides is 1. The van der Waals surface area contributed by atoms with Gasteiger partial charge in [-0.15, -0.1) is 0 Å². The summed E-state index contributed by atoms with van der Waals surface area (Å²) in [4.78, 5) is 32.5. The zero-order chi connectivity index (χ0) is 31.7. The predicted molar refractivity (Wildman–Crippen MR) is 173 cm³/mol. The van der Waals surface area contributed by atoms with Gasteiger partial charge in [0.15, 0.2) is 6.73 Å². The number of nitrogens with one attached hydrogen (secondary N) is 1. The quantitative estimate of drug-likeness (QED) is 0.358. The first-order valence-corrected chi connectivity index (χ1v) is 16.4. The standard InChI is InChI=1S/C34H33Cl2FN4O5/c1-44-34(43)26-10-29(37)25(11-30(26)41-21-5-6-22(41)16-45-15-21)24-4-2-3-18-12-40(17-46-32(18)24)33(42)31-27(35)8-23(9-28(31)36)39-13-19-7-20(14-39)38-19/h2-4,8-11,19-22,38H,5-7,12-17H2,1H3. The van der Waals surface area contributed by atoms with E-state index in [4.69, 9.17) is 37.4 Å². The fourth-order valence-corrected chi connectivity index (χ4v) is 8.36. The van der Waals surface area contributed by atoms with Gasteiger partial charge in [0.25, 0.3) is 5.91 Å². The highest BCUT2D eigenvalue weighted by Crippen LogP contribution is 2.43. The first-order valence-electron chi connectivity index (χ1n) is 15.6. The van der Waals surface area contributed by atoms with Gasteiger partial charge in [-0.1, -0.05) is 41.4 Å². The molecule has 4 bridgehead atoms. The second-order valence-electron chi connectivity index (χ2n) is 12.7. The molecular formula is C34H33Cl2FN4O5. The van der Waals surface area contributed by atoms with Gasteiger partial charge in [-0.05, 0) is 43.5 Å². The van der Waals surface area contributed by atoms with E-state index in [9.17, 15) is 9.59 Å². The van der Waals surface area contributed by atoms with E-state index in [0.29, 0.717) is 53.4 Å². The number of methoxy groups -OCH3 is 1. The third-order valence-corrected chi connectivity index (χ3v) is 10.5. The van der Waals surface area contributed by atoms with Gasteiger partial charge >= 0.3 is 5.97 Å². The molecule has 0 saturated carbocycles. The van der Waals surface area contributed by atoms with Crippen molar-refractivity contribution in [3.63, 3.8) is 0 Å². The van der Waals surface area contributed by atoms with Crippen LogP contribution in [0.1, 0.15) is 45.5 Å². The number of morpholine rings is 1. The summed E-state index contributed by atoms with van der Waals surface area (Å²) in [6.45, 7) is 2.99. The van der Waals surface area contributed by atoms with Crippen LogP contribution < -0.4 is 19.9 Å². The summed E-state index contributed by atoms with van der Waals surface area (Å²) in [5, 5.41) is 4.09. The van der Waals surface area contributed by atoms with E-state index >= 15 is 4.39 Å². The number of hydrogen-bond acceptors (Lipinski definition) is 8. The SMILES string of the molecule is COC(=O)c1cc(F)c(-c2cccc3c2OCN(C(=O)c2c(Cl)cc(N4CC5CC(C4)N5)cc2Cl)C3)cc1N1C2CCC1COC2. The molecule has 4 unspecified atom stereocenters. The minimum atomic E-state index is -0.596. The van der Waals surface area contributed by atoms with Crippen molar-refractivity contribution in [3.8, 4) is 16.9 Å². The minimum Gasteiger partial charge on any atom is -0.472 e. The molecule has 3 aromatic rings. The number of anilines is 2. The summed E-state index contributed by atoms with van der Waals surface area (Å²) in [5.41, 5.74) is 3.48. The van der Waals surface area contributed by atoms with Crippen LogP contribution in [0.4, 0.5) is 15.8 Å². The Bertz CT molecular complexity index is 1700. The second kappa shape index (κ2) is 11.6. The molecule has 9 rings (SSSR count). The predicted octanol–water partition coefficient (Wildman–Crippen LogP) is 5.50. The summed E-state index contributed by atoms with van der Waals surface area (Å²) in [6.07, 6.45) is 3.03. The van der Waals surface area contributed by atoms with Crippen molar-refractivity contribution < 1.29 is 28.2 Å². The van der Waals surface area contributed by atoms with Crippen LogP contribution in [0.5, 0.6) is 5.75 Å². The smallest absolute Gasteiger partial charge is 0.340 e. The number of fused-ring (bicyclic) bond motifs is 5. The Kier molecular flexibility index (Phi) is 7.51. The average Bonchev–Trinajstić information content (AvgIpc) is 3.29. The first-order chi connectivity index (χ1) is 22.3. The van der Waals surface area contributed by atoms with Crippen LogP contribution in [-0.4, -0.2) is 81.1 Å². The molecule has 6 aliphatic rings. The molecule has 12 heteroatoms. The van der Waals surface area contributed by atoms with Crippen LogP contribution in [0.15, 0.2) is 42.5 Å². The van der Waals surface area contributed by atoms with Gasteiger partial charge in [-0.3, -0.25) is 4.79 Å². The molecule has 0 aromatic heterocycles. The molecule has 0 aliphatic carbocycles. The van der Waals surface area contributed by atoms with Crippen LogP contribution in [0.25, 0.3) is 11.1 Å². The number of carbonyl (C=O) groups excluding carboxylic acids is 2. The molecule has 5 fully saturated rings. The van der Waals surface area contributed by atoms with Crippen LogP contribution >= 0.6 is 23.2 Å². The lowest BCUT2D eigenvalue weighted by Crippen LogP contribution is -2.67. The zero-order valence-corrected chi connectivity index (χ0v) is 26.7. The number of carbonyl (C=O) groups is 2. The molecule has 5 saturated heterocycles. The van der Waals surface area contributed by atoms with Gasteiger partial charge in [0, 0.05) is 47.6 Å². The van der Waals surface area contributed by atoms with E-state index < -0.39 is 11.8 Å². The van der Waals surface area contributed by atoms with E-state index in [0.717, 1.165) is 31.6 Å². The summed E-state index contributed by atoms with van der Waals surface area (Å²) in [5.74, 6) is -1.03. The van der Waals surface area contributed by atoms with Gasteiger partial charge in [-0.25, -0.2) is 9.18 Å². The summed E-state index contributed by atoms with van der Waals surface area (Å²) < 4.78 is 32.8.